The van der Waals surface area contributed by atoms with Crippen LogP contribution in [0.2, 0.25) is 0 Å². The predicted octanol–water partition coefficient (Wildman–Crippen LogP) is 2.10. The van der Waals surface area contributed by atoms with E-state index < -0.39 is 0 Å². The number of ether oxygens (including phenoxy) is 1. The Labute approximate surface area is 184 Å². The van der Waals surface area contributed by atoms with Gasteiger partial charge in [-0.05, 0) is 43.7 Å². The lowest BCUT2D eigenvalue weighted by Crippen LogP contribution is -3.13. The molecule has 2 aromatic carbocycles. The number of nitrogens with one attached hydrogen (secondary N) is 1. The molecule has 4 rings (SSSR count). The first-order chi connectivity index (χ1) is 15.0. The van der Waals surface area contributed by atoms with Crippen LogP contribution in [-0.4, -0.2) is 53.9 Å². The summed E-state index contributed by atoms with van der Waals surface area (Å²) in [6.45, 7) is 9.04. The molecule has 0 spiro atoms. The van der Waals surface area contributed by atoms with Crippen molar-refractivity contribution in [2.45, 2.75) is 26.9 Å². The highest BCUT2D eigenvalue weighted by atomic mass is 16.5. The van der Waals surface area contributed by atoms with E-state index >= 15 is 0 Å². The molecular formula is C25H31N4O2+. The molecule has 1 amide bonds. The van der Waals surface area contributed by atoms with Crippen molar-refractivity contribution in [1.29, 1.82) is 0 Å². The molecule has 0 unspecified atom stereocenters. The second-order valence-corrected chi connectivity index (χ2v) is 8.26. The van der Waals surface area contributed by atoms with Crippen LogP contribution in [0, 0.1) is 13.8 Å². The van der Waals surface area contributed by atoms with Crippen molar-refractivity contribution in [1.82, 2.24) is 14.7 Å². The van der Waals surface area contributed by atoms with Gasteiger partial charge in [0, 0.05) is 11.3 Å². The van der Waals surface area contributed by atoms with Crippen molar-refractivity contribution < 1.29 is 14.4 Å². The summed E-state index contributed by atoms with van der Waals surface area (Å²) in [6, 6.07) is 18.5. The fraction of sp³-hybridized carbons (Fsp3) is 0.360. The Kier molecular flexibility index (Phi) is 6.37. The first kappa shape index (κ1) is 21.1. The van der Waals surface area contributed by atoms with E-state index in [0.717, 1.165) is 55.4 Å². The summed E-state index contributed by atoms with van der Waals surface area (Å²) in [7, 11) is 1.69. The standard InChI is InChI=1S/C25H30N4O2/c1-19-24(20(2)29(26-19)18-21-7-5-4-6-8-21)25(30)28-15-13-27(14-16-28)17-22-9-11-23(31-3)12-10-22/h4-12H,13-18H2,1-3H3/p+1. The zero-order chi connectivity index (χ0) is 21.8. The van der Waals surface area contributed by atoms with E-state index in [1.165, 1.54) is 16.0 Å². The van der Waals surface area contributed by atoms with Crippen LogP contribution in [0.3, 0.4) is 0 Å². The molecule has 2 heterocycles. The molecule has 1 saturated heterocycles. The van der Waals surface area contributed by atoms with Gasteiger partial charge in [0.05, 0.1) is 51.1 Å². The predicted molar refractivity (Wildman–Crippen MR) is 121 cm³/mol. The fourth-order valence-electron chi connectivity index (χ4n) is 4.31. The van der Waals surface area contributed by atoms with E-state index in [9.17, 15) is 4.79 Å². The van der Waals surface area contributed by atoms with Crippen LogP contribution >= 0.6 is 0 Å². The molecule has 31 heavy (non-hydrogen) atoms. The lowest BCUT2D eigenvalue weighted by molar-refractivity contribution is -0.917. The van der Waals surface area contributed by atoms with Gasteiger partial charge in [-0.1, -0.05) is 30.3 Å². The highest BCUT2D eigenvalue weighted by molar-refractivity contribution is 5.96. The maximum Gasteiger partial charge on any atom is 0.258 e. The number of nitrogens with zero attached hydrogens (tertiary/aromatic N) is 3. The van der Waals surface area contributed by atoms with E-state index in [1.54, 1.807) is 7.11 Å². The topological polar surface area (TPSA) is 51.8 Å². The quantitative estimate of drug-likeness (QED) is 0.666. The second kappa shape index (κ2) is 9.35. The lowest BCUT2D eigenvalue weighted by atomic mass is 10.1. The summed E-state index contributed by atoms with van der Waals surface area (Å²) in [5, 5.41) is 4.66. The van der Waals surface area contributed by atoms with Crippen LogP contribution in [0.5, 0.6) is 5.75 Å². The van der Waals surface area contributed by atoms with E-state index in [2.05, 4.69) is 29.4 Å². The van der Waals surface area contributed by atoms with Gasteiger partial charge in [0.15, 0.2) is 0 Å². The molecule has 1 N–H and O–H groups in total. The van der Waals surface area contributed by atoms with Gasteiger partial charge in [-0.3, -0.25) is 9.48 Å². The number of piperazine rings is 1. The Hall–Kier alpha value is -3.12. The molecule has 3 aromatic rings. The molecule has 0 aliphatic carbocycles. The highest BCUT2D eigenvalue weighted by Crippen LogP contribution is 2.17. The number of hydrogen-bond acceptors (Lipinski definition) is 3. The molecule has 1 aliphatic rings. The monoisotopic (exact) mass is 419 g/mol. The minimum absolute atomic E-state index is 0.109. The van der Waals surface area contributed by atoms with Crippen LogP contribution in [-0.2, 0) is 13.1 Å². The largest absolute Gasteiger partial charge is 0.497 e. The Balaban J connectivity index is 1.38. The van der Waals surface area contributed by atoms with E-state index in [0.29, 0.717) is 6.54 Å². The van der Waals surface area contributed by atoms with Gasteiger partial charge in [0.2, 0.25) is 0 Å². The van der Waals surface area contributed by atoms with Crippen LogP contribution in [0.1, 0.15) is 32.9 Å². The van der Waals surface area contributed by atoms with Crippen LogP contribution in [0.25, 0.3) is 0 Å². The van der Waals surface area contributed by atoms with Gasteiger partial charge in [-0.15, -0.1) is 0 Å². The SMILES string of the molecule is COc1ccc(C[NH+]2CCN(C(=O)c3c(C)nn(Cc4ccccc4)c3C)CC2)cc1. The van der Waals surface area contributed by atoms with Crippen LogP contribution in [0.4, 0.5) is 0 Å². The number of amides is 1. The third kappa shape index (κ3) is 4.80. The maximum absolute atomic E-state index is 13.3. The van der Waals surface area contributed by atoms with Crippen LogP contribution < -0.4 is 9.64 Å². The summed E-state index contributed by atoms with van der Waals surface area (Å²) < 4.78 is 7.19. The fourth-order valence-corrected chi connectivity index (χ4v) is 4.31. The molecule has 6 nitrogen and oxygen atoms in total. The Morgan fingerprint density at radius 2 is 1.68 bits per heavy atom. The molecular weight excluding hydrogens is 388 g/mol. The number of carbonyl (C=O) groups is 1. The molecule has 0 saturated carbocycles. The van der Waals surface area contributed by atoms with Crippen molar-refractivity contribution >= 4 is 5.91 Å². The lowest BCUT2D eigenvalue weighted by Gasteiger charge is -2.32. The summed E-state index contributed by atoms with van der Waals surface area (Å²) >= 11 is 0. The average molecular weight is 420 g/mol. The van der Waals surface area contributed by atoms with Gasteiger partial charge in [-0.2, -0.15) is 5.10 Å². The Morgan fingerprint density at radius 1 is 1.00 bits per heavy atom. The Morgan fingerprint density at radius 3 is 2.32 bits per heavy atom. The number of quaternary nitrogens is 1. The molecule has 162 valence electrons. The van der Waals surface area contributed by atoms with Gasteiger partial charge in [0.1, 0.15) is 12.3 Å². The molecule has 0 radical (unpaired) electrons. The number of aromatic nitrogens is 2. The molecule has 6 heteroatoms. The van der Waals surface area contributed by atoms with Crippen molar-refractivity contribution in [3.8, 4) is 5.75 Å². The van der Waals surface area contributed by atoms with Crippen molar-refractivity contribution in [3.63, 3.8) is 0 Å². The van der Waals surface area contributed by atoms with Gasteiger partial charge in [0.25, 0.3) is 5.91 Å². The number of hydrogen-bond donors (Lipinski definition) is 1. The first-order valence-electron chi connectivity index (χ1n) is 10.9. The molecule has 1 fully saturated rings. The molecule has 1 aromatic heterocycles. The smallest absolute Gasteiger partial charge is 0.258 e. The van der Waals surface area contributed by atoms with Crippen molar-refractivity contribution in [2.24, 2.45) is 0 Å². The average Bonchev–Trinajstić information content (AvgIpc) is 3.07. The number of methoxy groups -OCH3 is 1. The molecule has 0 atom stereocenters. The third-order valence-corrected chi connectivity index (χ3v) is 6.14. The van der Waals surface area contributed by atoms with Gasteiger partial charge < -0.3 is 14.5 Å². The van der Waals surface area contributed by atoms with Gasteiger partial charge >= 0.3 is 0 Å². The Bertz CT molecular complexity index is 1020. The summed E-state index contributed by atoms with van der Waals surface area (Å²) in [6.07, 6.45) is 0. The minimum Gasteiger partial charge on any atom is -0.497 e. The number of carbonyl (C=O) groups excluding carboxylic acids is 1. The van der Waals surface area contributed by atoms with E-state index in [1.807, 2.05) is 53.8 Å². The molecule has 1 aliphatic heterocycles. The highest BCUT2D eigenvalue weighted by Gasteiger charge is 2.28. The van der Waals surface area contributed by atoms with Crippen molar-refractivity contribution in [2.75, 3.05) is 33.3 Å². The number of rotatable bonds is 6. The first-order valence-corrected chi connectivity index (χ1v) is 10.9. The maximum atomic E-state index is 13.3. The summed E-state index contributed by atoms with van der Waals surface area (Å²) in [5.41, 5.74) is 4.99. The second-order valence-electron chi connectivity index (χ2n) is 8.26. The van der Waals surface area contributed by atoms with E-state index in [-0.39, 0.29) is 5.91 Å². The minimum atomic E-state index is 0.109. The summed E-state index contributed by atoms with van der Waals surface area (Å²) in [5.74, 6) is 0.991. The van der Waals surface area contributed by atoms with Crippen molar-refractivity contribution in [3.05, 3.63) is 82.7 Å². The third-order valence-electron chi connectivity index (χ3n) is 6.14. The normalized spacial score (nSPS) is 14.6. The van der Waals surface area contributed by atoms with Gasteiger partial charge in [-0.25, -0.2) is 0 Å². The molecule has 0 bridgehead atoms. The van der Waals surface area contributed by atoms with Crippen LogP contribution in [0.15, 0.2) is 54.6 Å². The summed E-state index contributed by atoms with van der Waals surface area (Å²) in [4.78, 5) is 16.8. The number of aryl methyl sites for hydroxylation is 1. The zero-order valence-corrected chi connectivity index (χ0v) is 18.6. The zero-order valence-electron chi connectivity index (χ0n) is 18.6. The van der Waals surface area contributed by atoms with E-state index in [4.69, 9.17) is 4.74 Å². The number of benzene rings is 2.